The van der Waals surface area contributed by atoms with E-state index in [4.69, 9.17) is 5.26 Å². The Morgan fingerprint density at radius 1 is 1.28 bits per heavy atom. The average molecular weight is 303 g/mol. The number of halogens is 1. The van der Waals surface area contributed by atoms with Gasteiger partial charge in [0.05, 0.1) is 0 Å². The first-order valence-electron chi connectivity index (χ1n) is 5.35. The minimum Gasteiger partial charge on any atom is -0.329 e. The summed E-state index contributed by atoms with van der Waals surface area (Å²) in [5.41, 5.74) is 1.37. The Bertz CT molecular complexity index is 619. The Morgan fingerprint density at radius 2 is 2.06 bits per heavy atom. The van der Waals surface area contributed by atoms with Crippen LogP contribution in [0.15, 0.2) is 34.8 Å². The summed E-state index contributed by atoms with van der Waals surface area (Å²) >= 11 is 3.43. The van der Waals surface area contributed by atoms with Gasteiger partial charge in [-0.05, 0) is 25.1 Å². The van der Waals surface area contributed by atoms with Gasteiger partial charge in [0.15, 0.2) is 0 Å². The van der Waals surface area contributed by atoms with Crippen molar-refractivity contribution in [1.29, 1.82) is 5.26 Å². The predicted molar refractivity (Wildman–Crippen MR) is 73.7 cm³/mol. The topological polar surface area (TPSA) is 52.8 Å². The maximum absolute atomic E-state index is 8.92. The highest BCUT2D eigenvalue weighted by molar-refractivity contribution is 9.10. The summed E-state index contributed by atoms with van der Waals surface area (Å²) in [5, 5.41) is 8.92. The van der Waals surface area contributed by atoms with Crippen LogP contribution in [0.2, 0.25) is 0 Å². The van der Waals surface area contributed by atoms with Crippen molar-refractivity contribution in [3.8, 4) is 6.07 Å². The van der Waals surface area contributed by atoms with Crippen molar-refractivity contribution in [3.63, 3.8) is 0 Å². The van der Waals surface area contributed by atoms with Gasteiger partial charge in [-0.3, -0.25) is 0 Å². The minimum atomic E-state index is 0.374. The number of rotatable bonds is 2. The first-order valence-corrected chi connectivity index (χ1v) is 6.14. The molecule has 0 saturated carbocycles. The molecule has 4 nitrogen and oxygen atoms in total. The van der Waals surface area contributed by atoms with Crippen LogP contribution in [0.5, 0.6) is 0 Å². The third-order valence-corrected chi connectivity index (χ3v) is 2.97. The lowest BCUT2D eigenvalue weighted by Gasteiger charge is -2.18. The van der Waals surface area contributed by atoms with Crippen molar-refractivity contribution in [2.75, 3.05) is 11.9 Å². The van der Waals surface area contributed by atoms with Gasteiger partial charge in [0, 0.05) is 23.3 Å². The number of aryl methyl sites for hydroxylation is 1. The molecule has 0 fully saturated rings. The number of aromatic nitrogens is 2. The Balaban J connectivity index is 2.43. The standard InChI is InChI=1S/C13H11BrN4/c1-9-16-11(8-15)7-13(17-9)18(2)12-5-3-4-10(14)6-12/h3-7H,1-2H3. The Hall–Kier alpha value is -1.93. The summed E-state index contributed by atoms with van der Waals surface area (Å²) in [6.07, 6.45) is 0. The van der Waals surface area contributed by atoms with E-state index in [0.29, 0.717) is 17.3 Å². The highest BCUT2D eigenvalue weighted by Crippen LogP contribution is 2.24. The molecule has 2 rings (SSSR count). The van der Waals surface area contributed by atoms with Crippen LogP contribution in [-0.4, -0.2) is 17.0 Å². The molecule has 0 spiro atoms. The quantitative estimate of drug-likeness (QED) is 0.855. The summed E-state index contributed by atoms with van der Waals surface area (Å²) in [5.74, 6) is 1.29. The van der Waals surface area contributed by atoms with Crippen LogP contribution >= 0.6 is 15.9 Å². The maximum atomic E-state index is 8.92. The second-order valence-electron chi connectivity index (χ2n) is 3.81. The Morgan fingerprint density at radius 3 is 2.72 bits per heavy atom. The van der Waals surface area contributed by atoms with Crippen LogP contribution in [0.1, 0.15) is 11.5 Å². The molecule has 0 saturated heterocycles. The molecular formula is C13H11BrN4. The van der Waals surface area contributed by atoms with Crippen LogP contribution in [-0.2, 0) is 0 Å². The highest BCUT2D eigenvalue weighted by Gasteiger charge is 2.08. The number of hydrogen-bond acceptors (Lipinski definition) is 4. The van der Waals surface area contributed by atoms with Gasteiger partial charge >= 0.3 is 0 Å². The minimum absolute atomic E-state index is 0.374. The summed E-state index contributed by atoms with van der Waals surface area (Å²) in [6, 6.07) is 11.6. The highest BCUT2D eigenvalue weighted by atomic mass is 79.9. The van der Waals surface area contributed by atoms with Crippen LogP contribution in [0.25, 0.3) is 0 Å². The summed E-state index contributed by atoms with van der Waals surface area (Å²) in [6.45, 7) is 1.78. The fourth-order valence-corrected chi connectivity index (χ4v) is 1.99. The zero-order valence-electron chi connectivity index (χ0n) is 10.1. The molecule has 0 aliphatic carbocycles. The number of hydrogen-bond donors (Lipinski definition) is 0. The lowest BCUT2D eigenvalue weighted by Crippen LogP contribution is -2.12. The van der Waals surface area contributed by atoms with Gasteiger partial charge in [-0.25, -0.2) is 9.97 Å². The summed E-state index contributed by atoms with van der Waals surface area (Å²) in [4.78, 5) is 10.3. The van der Waals surface area contributed by atoms with E-state index in [0.717, 1.165) is 10.2 Å². The molecule has 90 valence electrons. The molecule has 18 heavy (non-hydrogen) atoms. The van der Waals surface area contributed by atoms with Crippen molar-refractivity contribution in [1.82, 2.24) is 9.97 Å². The molecular weight excluding hydrogens is 292 g/mol. The van der Waals surface area contributed by atoms with E-state index in [2.05, 4.69) is 25.9 Å². The van der Waals surface area contributed by atoms with E-state index in [1.165, 1.54) is 0 Å². The van der Waals surface area contributed by atoms with E-state index in [9.17, 15) is 0 Å². The zero-order valence-corrected chi connectivity index (χ0v) is 11.6. The third kappa shape index (κ3) is 2.66. The second kappa shape index (κ2) is 5.15. The van der Waals surface area contributed by atoms with Crippen LogP contribution < -0.4 is 4.90 Å². The molecule has 0 atom stereocenters. The molecule has 0 amide bonds. The number of nitriles is 1. The van der Waals surface area contributed by atoms with E-state index in [1.807, 2.05) is 42.3 Å². The van der Waals surface area contributed by atoms with Gasteiger partial charge < -0.3 is 4.90 Å². The number of benzene rings is 1. The molecule has 5 heteroatoms. The predicted octanol–water partition coefficient (Wildman–Crippen LogP) is 3.19. The molecule has 0 unspecified atom stereocenters. The fraction of sp³-hybridized carbons (Fsp3) is 0.154. The average Bonchev–Trinajstić information content (AvgIpc) is 2.37. The van der Waals surface area contributed by atoms with E-state index in [1.54, 1.807) is 13.0 Å². The van der Waals surface area contributed by atoms with Crippen molar-refractivity contribution in [2.24, 2.45) is 0 Å². The van der Waals surface area contributed by atoms with Gasteiger partial charge in [0.2, 0.25) is 0 Å². The monoisotopic (exact) mass is 302 g/mol. The van der Waals surface area contributed by atoms with E-state index < -0.39 is 0 Å². The second-order valence-corrected chi connectivity index (χ2v) is 4.72. The van der Waals surface area contributed by atoms with Crippen LogP contribution in [0, 0.1) is 18.3 Å². The smallest absolute Gasteiger partial charge is 0.146 e. The fourth-order valence-electron chi connectivity index (χ4n) is 1.60. The first kappa shape index (κ1) is 12.5. The molecule has 1 heterocycles. The molecule has 0 radical (unpaired) electrons. The van der Waals surface area contributed by atoms with Crippen molar-refractivity contribution < 1.29 is 0 Å². The number of nitrogens with zero attached hydrogens (tertiary/aromatic N) is 4. The van der Waals surface area contributed by atoms with Crippen molar-refractivity contribution in [3.05, 3.63) is 46.3 Å². The lowest BCUT2D eigenvalue weighted by molar-refractivity contribution is 1.000. The molecule has 0 aliphatic rings. The molecule has 0 bridgehead atoms. The largest absolute Gasteiger partial charge is 0.329 e. The van der Waals surface area contributed by atoms with Gasteiger partial charge in [0.1, 0.15) is 23.4 Å². The zero-order chi connectivity index (χ0) is 13.1. The van der Waals surface area contributed by atoms with Gasteiger partial charge in [-0.15, -0.1) is 0 Å². The van der Waals surface area contributed by atoms with Crippen molar-refractivity contribution >= 4 is 27.4 Å². The molecule has 2 aromatic rings. The van der Waals surface area contributed by atoms with Crippen molar-refractivity contribution in [2.45, 2.75) is 6.92 Å². The van der Waals surface area contributed by atoms with E-state index in [-0.39, 0.29) is 0 Å². The van der Waals surface area contributed by atoms with Gasteiger partial charge in [-0.1, -0.05) is 22.0 Å². The van der Waals surface area contributed by atoms with E-state index >= 15 is 0 Å². The molecule has 1 aromatic heterocycles. The van der Waals surface area contributed by atoms with Gasteiger partial charge in [0.25, 0.3) is 0 Å². The Labute approximate surface area is 114 Å². The van der Waals surface area contributed by atoms with Crippen LogP contribution in [0.3, 0.4) is 0 Å². The molecule has 1 aromatic carbocycles. The molecule has 0 aliphatic heterocycles. The van der Waals surface area contributed by atoms with Gasteiger partial charge in [-0.2, -0.15) is 5.26 Å². The summed E-state index contributed by atoms with van der Waals surface area (Å²) < 4.78 is 0.998. The third-order valence-electron chi connectivity index (χ3n) is 2.48. The first-order chi connectivity index (χ1) is 8.60. The number of anilines is 2. The maximum Gasteiger partial charge on any atom is 0.146 e. The lowest BCUT2D eigenvalue weighted by atomic mass is 10.3. The normalized spacial score (nSPS) is 9.89. The van der Waals surface area contributed by atoms with Crippen LogP contribution in [0.4, 0.5) is 11.5 Å². The molecule has 0 N–H and O–H groups in total. The summed E-state index contributed by atoms with van der Waals surface area (Å²) in [7, 11) is 1.91. The SMILES string of the molecule is Cc1nc(C#N)cc(N(C)c2cccc(Br)c2)n1. The Kier molecular flexibility index (Phi) is 3.58.